The molecule has 0 radical (unpaired) electrons. The van der Waals surface area contributed by atoms with Crippen LogP contribution in [0.5, 0.6) is 5.88 Å². The lowest BCUT2D eigenvalue weighted by Crippen LogP contribution is -2.62. The summed E-state index contributed by atoms with van der Waals surface area (Å²) in [5.41, 5.74) is 1.00. The van der Waals surface area contributed by atoms with Gasteiger partial charge in [-0.2, -0.15) is 4.98 Å². The van der Waals surface area contributed by atoms with Crippen LogP contribution in [-0.4, -0.2) is 89.9 Å². The summed E-state index contributed by atoms with van der Waals surface area (Å²) in [4.78, 5) is 28.1. The number of Topliss-reactive ketones (excluding diaryl/α,β-unsaturated/α-hetero) is 1. The molecule has 5 aliphatic rings. The third kappa shape index (κ3) is 4.34. The van der Waals surface area contributed by atoms with Crippen LogP contribution < -0.4 is 15.0 Å². The molecule has 0 bridgehead atoms. The molecule has 1 saturated carbocycles. The minimum atomic E-state index is -0.528. The molecule has 4 atom stereocenters. The second kappa shape index (κ2) is 10.4. The van der Waals surface area contributed by atoms with Gasteiger partial charge in [0.05, 0.1) is 17.6 Å². The first-order chi connectivity index (χ1) is 19.5. The van der Waals surface area contributed by atoms with Gasteiger partial charge in [0, 0.05) is 50.3 Å². The van der Waals surface area contributed by atoms with Gasteiger partial charge < -0.3 is 24.2 Å². The number of hydrogen-bond donors (Lipinski definition) is 1. The van der Waals surface area contributed by atoms with Gasteiger partial charge >= 0.3 is 0 Å². The van der Waals surface area contributed by atoms with E-state index in [4.69, 9.17) is 24.0 Å². The zero-order valence-electron chi connectivity index (χ0n) is 23.9. The Morgan fingerprint density at radius 1 is 1.12 bits per heavy atom. The molecule has 3 saturated heterocycles. The van der Waals surface area contributed by atoms with Gasteiger partial charge in [-0.05, 0) is 71.9 Å². The summed E-state index contributed by atoms with van der Waals surface area (Å²) in [6, 6.07) is 2.35. The first kappa shape index (κ1) is 26.3. The van der Waals surface area contributed by atoms with E-state index < -0.39 is 5.41 Å². The van der Waals surface area contributed by atoms with E-state index in [1.165, 1.54) is 6.42 Å². The maximum Gasteiger partial charge on any atom is 0.219 e. The predicted octanol–water partition coefficient (Wildman–Crippen LogP) is 3.28. The van der Waals surface area contributed by atoms with Crippen molar-refractivity contribution in [3.8, 4) is 17.4 Å². The molecule has 7 rings (SSSR count). The highest BCUT2D eigenvalue weighted by Gasteiger charge is 2.49. The van der Waals surface area contributed by atoms with Gasteiger partial charge in [0.2, 0.25) is 5.88 Å². The maximum absolute atomic E-state index is 13.2. The van der Waals surface area contributed by atoms with Crippen molar-refractivity contribution < 1.29 is 18.8 Å². The molecule has 216 valence electrons. The highest BCUT2D eigenvalue weighted by atomic mass is 16.5. The van der Waals surface area contributed by atoms with Crippen LogP contribution in [0.15, 0.2) is 10.6 Å². The Bertz CT molecular complexity index is 1260. The average molecular weight is 551 g/mol. The molecule has 1 N–H and O–H groups in total. The van der Waals surface area contributed by atoms with Gasteiger partial charge in [-0.1, -0.05) is 11.6 Å². The highest BCUT2D eigenvalue weighted by molar-refractivity contribution is 5.91. The second-order valence-electron chi connectivity index (χ2n) is 12.7. The first-order valence-corrected chi connectivity index (χ1v) is 15.3. The van der Waals surface area contributed by atoms with E-state index in [1.807, 2.05) is 6.07 Å². The number of piperazine rings is 1. The number of nitrogens with zero attached hydrogens (tertiary/aromatic N) is 5. The Balaban J connectivity index is 1.30. The highest BCUT2D eigenvalue weighted by Crippen LogP contribution is 2.48. The van der Waals surface area contributed by atoms with Gasteiger partial charge in [0.15, 0.2) is 17.3 Å². The van der Waals surface area contributed by atoms with Crippen LogP contribution in [0.4, 0.5) is 5.82 Å². The summed E-state index contributed by atoms with van der Waals surface area (Å²) in [5, 5.41) is 8.13. The summed E-state index contributed by atoms with van der Waals surface area (Å²) in [7, 11) is 2.17. The van der Waals surface area contributed by atoms with Gasteiger partial charge in [-0.15, -0.1) is 0 Å². The predicted molar refractivity (Wildman–Crippen MR) is 150 cm³/mol. The molecule has 2 aromatic heterocycles. The third-order valence-electron chi connectivity index (χ3n) is 10.3. The molecule has 0 unspecified atom stereocenters. The fourth-order valence-corrected chi connectivity index (χ4v) is 8.04. The number of hydrogen-bond acceptors (Lipinski definition) is 10. The molecule has 3 aliphatic heterocycles. The van der Waals surface area contributed by atoms with E-state index in [9.17, 15) is 4.79 Å². The smallest absolute Gasteiger partial charge is 0.219 e. The van der Waals surface area contributed by atoms with Gasteiger partial charge in [0.25, 0.3) is 0 Å². The van der Waals surface area contributed by atoms with E-state index in [0.717, 1.165) is 101 Å². The maximum atomic E-state index is 13.2. The third-order valence-corrected chi connectivity index (χ3v) is 10.3. The Kier molecular flexibility index (Phi) is 6.83. The number of ether oxygens (including phenoxy) is 2. The summed E-state index contributed by atoms with van der Waals surface area (Å²) in [6.45, 7) is 7.21. The molecule has 4 fully saturated rings. The Labute approximate surface area is 236 Å². The van der Waals surface area contributed by atoms with Gasteiger partial charge in [-0.3, -0.25) is 9.69 Å². The number of carbonyl (C=O) groups is 1. The van der Waals surface area contributed by atoms with E-state index in [0.29, 0.717) is 42.3 Å². The van der Waals surface area contributed by atoms with Crippen LogP contribution in [0.25, 0.3) is 11.5 Å². The van der Waals surface area contributed by atoms with Crippen molar-refractivity contribution in [2.45, 2.75) is 94.2 Å². The number of likely N-dealkylation sites (N-methyl/N-ethyl adjacent to an activating group) is 1. The van der Waals surface area contributed by atoms with Crippen molar-refractivity contribution in [2.24, 2.45) is 0 Å². The zero-order chi connectivity index (χ0) is 27.3. The summed E-state index contributed by atoms with van der Waals surface area (Å²) < 4.78 is 18.5. The van der Waals surface area contributed by atoms with E-state index in [2.05, 4.69) is 34.2 Å². The number of aromatic nitrogens is 3. The van der Waals surface area contributed by atoms with Crippen molar-refractivity contribution in [3.05, 3.63) is 17.4 Å². The monoisotopic (exact) mass is 550 g/mol. The standard InChI is InChI=1S/C30H42N6O4/c1-20(22-8-6-14-35(22)2)39-25-17-24(36-15-13-31-18-29(36)12-16-38-19-29)32-28(33-25)26-21-7-5-11-30(27(21)40-34-26)10-4-3-9-23(30)37/h17,20,22,31H,3-16,18-19H2,1-2H3/t20-,22-,29-,30+/m0/s1. The molecule has 40 heavy (non-hydrogen) atoms. The summed E-state index contributed by atoms with van der Waals surface area (Å²) in [6.07, 6.45) is 9.33. The topological polar surface area (TPSA) is 106 Å². The van der Waals surface area contributed by atoms with Gasteiger partial charge in [0.1, 0.15) is 17.7 Å². The molecule has 0 amide bonds. The number of nitrogens with one attached hydrogen (secondary N) is 1. The van der Waals surface area contributed by atoms with Crippen molar-refractivity contribution in [1.82, 2.24) is 25.3 Å². The number of anilines is 1. The molecular weight excluding hydrogens is 508 g/mol. The lowest BCUT2D eigenvalue weighted by molar-refractivity contribution is -0.128. The van der Waals surface area contributed by atoms with Crippen molar-refractivity contribution in [3.63, 3.8) is 0 Å². The Hall–Kier alpha value is -2.56. The minimum Gasteiger partial charge on any atom is -0.473 e. The van der Waals surface area contributed by atoms with Crippen LogP contribution >= 0.6 is 0 Å². The van der Waals surface area contributed by atoms with Crippen LogP contribution in [0.1, 0.15) is 76.0 Å². The largest absolute Gasteiger partial charge is 0.473 e. The number of fused-ring (bicyclic) bond motifs is 2. The van der Waals surface area contributed by atoms with Crippen molar-refractivity contribution >= 4 is 11.6 Å². The number of rotatable bonds is 5. The van der Waals surface area contributed by atoms with E-state index in [-0.39, 0.29) is 11.6 Å². The normalized spacial score (nSPS) is 31.7. The quantitative estimate of drug-likeness (QED) is 0.596. The van der Waals surface area contributed by atoms with Crippen LogP contribution in [0.2, 0.25) is 0 Å². The second-order valence-corrected chi connectivity index (χ2v) is 12.7. The SMILES string of the molecule is C[C@H](Oc1cc(N2CCNC[C@]23CCOC3)nc(-c2noc3c2CCC[C@@]32CCCCC2=O)n1)[C@@H]1CCCN1C. The zero-order valence-corrected chi connectivity index (χ0v) is 23.9. The van der Waals surface area contributed by atoms with Crippen LogP contribution in [-0.2, 0) is 21.4 Å². The Morgan fingerprint density at radius 2 is 2.02 bits per heavy atom. The van der Waals surface area contributed by atoms with Crippen molar-refractivity contribution in [2.75, 3.05) is 51.3 Å². The van der Waals surface area contributed by atoms with E-state index >= 15 is 0 Å². The average Bonchev–Trinajstić information content (AvgIpc) is 3.71. The Morgan fingerprint density at radius 3 is 2.83 bits per heavy atom. The molecule has 5 heterocycles. The number of carbonyl (C=O) groups excluding carboxylic acids is 1. The summed E-state index contributed by atoms with van der Waals surface area (Å²) >= 11 is 0. The minimum absolute atomic E-state index is 0.00995. The molecule has 10 nitrogen and oxygen atoms in total. The lowest BCUT2D eigenvalue weighted by Gasteiger charge is -2.45. The molecule has 0 aromatic carbocycles. The first-order valence-electron chi connectivity index (χ1n) is 15.3. The fourth-order valence-electron chi connectivity index (χ4n) is 8.04. The van der Waals surface area contributed by atoms with Crippen LogP contribution in [0, 0.1) is 0 Å². The molecule has 2 aromatic rings. The van der Waals surface area contributed by atoms with Crippen molar-refractivity contribution in [1.29, 1.82) is 0 Å². The molecule has 2 aliphatic carbocycles. The van der Waals surface area contributed by atoms with Gasteiger partial charge in [-0.25, -0.2) is 4.98 Å². The molecular formula is C30H42N6O4. The number of likely N-dealkylation sites (tertiary alicyclic amines) is 1. The number of ketones is 1. The summed E-state index contributed by atoms with van der Waals surface area (Å²) in [5.74, 6) is 3.00. The lowest BCUT2D eigenvalue weighted by atomic mass is 9.64. The fraction of sp³-hybridized carbons (Fsp3) is 0.733. The van der Waals surface area contributed by atoms with E-state index in [1.54, 1.807) is 0 Å². The molecule has 10 heteroatoms. The van der Waals surface area contributed by atoms with Crippen LogP contribution in [0.3, 0.4) is 0 Å². The molecule has 2 spiro atoms.